The van der Waals surface area contributed by atoms with Crippen molar-refractivity contribution in [2.75, 3.05) is 26.7 Å². The van der Waals surface area contributed by atoms with Crippen molar-refractivity contribution >= 4 is 5.91 Å². The minimum absolute atomic E-state index is 0.00323. The van der Waals surface area contributed by atoms with Crippen LogP contribution in [0.5, 0.6) is 5.75 Å². The number of hydrogen-bond donors (Lipinski definition) is 1. The zero-order valence-corrected chi connectivity index (χ0v) is 25.6. The van der Waals surface area contributed by atoms with Crippen molar-refractivity contribution in [1.82, 2.24) is 10.2 Å². The van der Waals surface area contributed by atoms with Crippen LogP contribution in [0.25, 0.3) is 0 Å². The number of piperidine rings is 1. The van der Waals surface area contributed by atoms with Gasteiger partial charge in [0.15, 0.2) is 0 Å². The molecule has 1 amide bonds. The first-order valence-corrected chi connectivity index (χ1v) is 16.2. The van der Waals surface area contributed by atoms with Gasteiger partial charge in [-0.15, -0.1) is 0 Å². The second-order valence-corrected chi connectivity index (χ2v) is 13.6. The van der Waals surface area contributed by atoms with E-state index in [1.54, 1.807) is 7.11 Å². The molecule has 0 spiro atoms. The number of ether oxygens (including phenoxy) is 1. The van der Waals surface area contributed by atoms with E-state index in [1.165, 1.54) is 23.1 Å². The van der Waals surface area contributed by atoms with Crippen LogP contribution in [-0.4, -0.2) is 43.6 Å². The summed E-state index contributed by atoms with van der Waals surface area (Å²) >= 11 is 0. The number of likely N-dealkylation sites (tertiary alicyclic amines) is 1. The number of amides is 1. The highest BCUT2D eigenvalue weighted by atomic mass is 16.5. The van der Waals surface area contributed by atoms with Crippen LogP contribution in [-0.2, 0) is 22.0 Å². The van der Waals surface area contributed by atoms with E-state index in [0.717, 1.165) is 83.2 Å². The van der Waals surface area contributed by atoms with E-state index in [1.807, 2.05) is 0 Å². The minimum atomic E-state index is -0.382. The highest BCUT2D eigenvalue weighted by molar-refractivity contribution is 5.88. The van der Waals surface area contributed by atoms with Gasteiger partial charge in [-0.2, -0.15) is 0 Å². The smallest absolute Gasteiger partial charge is 0.230 e. The van der Waals surface area contributed by atoms with E-state index in [0.29, 0.717) is 0 Å². The fraction of sp³-hybridized carbons (Fsp3) is 0.500. The molecule has 1 saturated heterocycles. The molecule has 0 unspecified atom stereocenters. The number of fused-ring (bicyclic) bond motifs is 1. The van der Waals surface area contributed by atoms with Crippen LogP contribution in [0, 0.1) is 5.41 Å². The van der Waals surface area contributed by atoms with Gasteiger partial charge in [-0.05, 0) is 98.7 Å². The summed E-state index contributed by atoms with van der Waals surface area (Å²) in [6.07, 6.45) is 10.7. The number of aryl methyl sites for hydroxylation is 1. The van der Waals surface area contributed by atoms with Crippen molar-refractivity contribution in [3.63, 3.8) is 0 Å². The molecule has 42 heavy (non-hydrogen) atoms. The highest BCUT2D eigenvalue weighted by Crippen LogP contribution is 2.57. The first-order chi connectivity index (χ1) is 20.5. The molecule has 3 aliphatic rings. The Morgan fingerprint density at radius 2 is 1.62 bits per heavy atom. The lowest BCUT2D eigenvalue weighted by Gasteiger charge is -2.60. The number of hydrogen-bond acceptors (Lipinski definition) is 3. The molecule has 4 heteroatoms. The number of methoxy groups -OCH3 is 1. The van der Waals surface area contributed by atoms with Gasteiger partial charge in [-0.3, -0.25) is 4.79 Å². The van der Waals surface area contributed by atoms with Crippen molar-refractivity contribution < 1.29 is 9.53 Å². The number of nitrogens with zero attached hydrogens (tertiary/aromatic N) is 1. The molecule has 222 valence electrons. The monoisotopic (exact) mass is 564 g/mol. The fourth-order valence-electron chi connectivity index (χ4n) is 8.76. The molecule has 0 bridgehead atoms. The molecule has 2 saturated carbocycles. The lowest BCUT2D eigenvalue weighted by atomic mass is 9.50. The SMILES string of the molecule is COc1cccc([C@]23CCN(CCCc4ccccc4)C[C@@]2(C)CC[C@@H](NC(=O)C2(c4ccccc4)CCCC2)C3)c1. The molecule has 1 aliphatic heterocycles. The van der Waals surface area contributed by atoms with Crippen LogP contribution in [0.3, 0.4) is 0 Å². The van der Waals surface area contributed by atoms with Gasteiger partial charge in [-0.25, -0.2) is 0 Å². The average Bonchev–Trinajstić information content (AvgIpc) is 3.54. The Kier molecular flexibility index (Phi) is 8.45. The average molecular weight is 565 g/mol. The molecule has 0 aromatic heterocycles. The van der Waals surface area contributed by atoms with Crippen LogP contribution < -0.4 is 10.1 Å². The minimum Gasteiger partial charge on any atom is -0.497 e. The van der Waals surface area contributed by atoms with E-state index in [9.17, 15) is 4.79 Å². The van der Waals surface area contributed by atoms with Gasteiger partial charge in [0.25, 0.3) is 0 Å². The van der Waals surface area contributed by atoms with Crippen LogP contribution in [0.2, 0.25) is 0 Å². The molecular formula is C38H48N2O2. The van der Waals surface area contributed by atoms with Crippen LogP contribution in [0.15, 0.2) is 84.9 Å². The summed E-state index contributed by atoms with van der Waals surface area (Å²) in [5, 5.41) is 3.65. The van der Waals surface area contributed by atoms with Crippen molar-refractivity contribution in [3.8, 4) is 5.75 Å². The zero-order valence-electron chi connectivity index (χ0n) is 25.6. The molecule has 6 rings (SSSR count). The van der Waals surface area contributed by atoms with Crippen molar-refractivity contribution in [3.05, 3.63) is 102 Å². The number of benzene rings is 3. The predicted octanol–water partition coefficient (Wildman–Crippen LogP) is 7.46. The molecule has 4 nitrogen and oxygen atoms in total. The summed E-state index contributed by atoms with van der Waals surface area (Å²) in [6.45, 7) is 5.86. The Morgan fingerprint density at radius 3 is 2.36 bits per heavy atom. The molecule has 3 atom stereocenters. The molecule has 0 radical (unpaired) electrons. The maximum absolute atomic E-state index is 14.2. The lowest BCUT2D eigenvalue weighted by Crippen LogP contribution is -2.62. The molecule has 2 aliphatic carbocycles. The first-order valence-electron chi connectivity index (χ1n) is 16.2. The van der Waals surface area contributed by atoms with Gasteiger partial charge in [0, 0.05) is 18.0 Å². The topological polar surface area (TPSA) is 41.6 Å². The summed E-state index contributed by atoms with van der Waals surface area (Å²) < 4.78 is 5.71. The Balaban J connectivity index is 1.22. The van der Waals surface area contributed by atoms with E-state index < -0.39 is 0 Å². The van der Waals surface area contributed by atoms with Gasteiger partial charge in [0.05, 0.1) is 12.5 Å². The van der Waals surface area contributed by atoms with Crippen molar-refractivity contribution in [2.45, 2.75) is 88.0 Å². The third kappa shape index (κ3) is 5.51. The van der Waals surface area contributed by atoms with Crippen LogP contribution in [0.4, 0.5) is 0 Å². The Labute approximate surface area is 252 Å². The van der Waals surface area contributed by atoms with Crippen molar-refractivity contribution in [2.24, 2.45) is 5.41 Å². The van der Waals surface area contributed by atoms with Gasteiger partial charge in [0.1, 0.15) is 5.75 Å². The summed E-state index contributed by atoms with van der Waals surface area (Å²) in [5.74, 6) is 1.17. The van der Waals surface area contributed by atoms with Gasteiger partial charge in [0.2, 0.25) is 5.91 Å². The second kappa shape index (κ2) is 12.2. The van der Waals surface area contributed by atoms with E-state index in [-0.39, 0.29) is 28.2 Å². The summed E-state index contributed by atoms with van der Waals surface area (Å²) in [6, 6.07) is 30.4. The molecule has 3 fully saturated rings. The second-order valence-electron chi connectivity index (χ2n) is 13.6. The van der Waals surface area contributed by atoms with Gasteiger partial charge < -0.3 is 15.0 Å². The Hall–Kier alpha value is -3.11. The third-order valence-corrected chi connectivity index (χ3v) is 11.2. The summed E-state index contributed by atoms with van der Waals surface area (Å²) in [4.78, 5) is 16.9. The third-order valence-electron chi connectivity index (χ3n) is 11.2. The maximum atomic E-state index is 14.2. The maximum Gasteiger partial charge on any atom is 0.230 e. The summed E-state index contributed by atoms with van der Waals surface area (Å²) in [5.41, 5.74) is 3.75. The quantitative estimate of drug-likeness (QED) is 0.293. The van der Waals surface area contributed by atoms with E-state index in [4.69, 9.17) is 4.74 Å². The molecule has 3 aromatic rings. The molecular weight excluding hydrogens is 516 g/mol. The first kappa shape index (κ1) is 29.0. The van der Waals surface area contributed by atoms with E-state index in [2.05, 4.69) is 102 Å². The number of rotatable bonds is 9. The van der Waals surface area contributed by atoms with Crippen LogP contribution >= 0.6 is 0 Å². The summed E-state index contributed by atoms with van der Waals surface area (Å²) in [7, 11) is 1.76. The molecule has 1 heterocycles. The fourth-order valence-corrected chi connectivity index (χ4v) is 8.76. The van der Waals surface area contributed by atoms with Crippen molar-refractivity contribution in [1.29, 1.82) is 0 Å². The lowest BCUT2D eigenvalue weighted by molar-refractivity contribution is -0.128. The standard InChI is InChI=1S/C38H48N2O2/c1-36-23-20-33(39-35(41)37(21-9-10-22-37)31-16-7-4-8-17-31)28-38(36,32-18-11-19-34(27-32)42-2)24-26-40(29-36)25-12-15-30-13-5-3-6-14-30/h3-8,11,13-14,16-19,27,33H,9-10,12,15,20-26,28-29H2,1-2H3,(H,39,41)/t33-,36-,38-/m1/s1. The number of carbonyl (C=O) groups excluding carboxylic acids is 1. The zero-order chi connectivity index (χ0) is 29.0. The van der Waals surface area contributed by atoms with E-state index >= 15 is 0 Å². The van der Waals surface area contributed by atoms with Gasteiger partial charge in [-0.1, -0.05) is 92.6 Å². The normalized spacial score (nSPS) is 27.2. The van der Waals surface area contributed by atoms with Gasteiger partial charge >= 0.3 is 0 Å². The Bertz CT molecular complexity index is 1340. The van der Waals surface area contributed by atoms with Crippen LogP contribution in [0.1, 0.15) is 81.4 Å². The highest BCUT2D eigenvalue weighted by Gasteiger charge is 2.56. The Morgan fingerprint density at radius 1 is 0.905 bits per heavy atom. The number of nitrogens with one attached hydrogen (secondary N) is 1. The molecule has 1 N–H and O–H groups in total. The largest absolute Gasteiger partial charge is 0.497 e. The number of carbonyl (C=O) groups is 1. The predicted molar refractivity (Wildman–Crippen MR) is 171 cm³/mol. The molecule has 3 aromatic carbocycles.